The second-order valence-corrected chi connectivity index (χ2v) is 18.0. The summed E-state index contributed by atoms with van der Waals surface area (Å²) in [5.74, 6) is -0.196. The van der Waals surface area contributed by atoms with Crippen molar-refractivity contribution < 1.29 is 57.2 Å². The molecule has 2 heterocycles. The number of nitrogens with one attached hydrogen (secondary N) is 7. The van der Waals surface area contributed by atoms with E-state index < -0.39 is 23.7 Å². The van der Waals surface area contributed by atoms with Gasteiger partial charge in [-0.15, -0.1) is 0 Å². The van der Waals surface area contributed by atoms with Gasteiger partial charge in [0.05, 0.1) is 45.6 Å². The molecule has 2 aliphatic rings. The number of ether oxygens (including phenoxy) is 5. The van der Waals surface area contributed by atoms with Crippen LogP contribution in [0.4, 0.5) is 9.59 Å². The summed E-state index contributed by atoms with van der Waals surface area (Å²) in [5, 5.41) is 20.4. The molecule has 7 N–H and O–H groups in total. The minimum atomic E-state index is -0.882. The third-order valence-electron chi connectivity index (χ3n) is 10.0. The molecule has 19 nitrogen and oxygen atoms in total. The number of hydrogen-bond acceptors (Lipinski definition) is 13. The maximum Gasteiger partial charge on any atom is 0.407 e. The van der Waals surface area contributed by atoms with Gasteiger partial charge in [0, 0.05) is 76.1 Å². The minimum absolute atomic E-state index is 0.0192. The molecule has 0 unspecified atom stereocenters. The maximum absolute atomic E-state index is 12.9. The molecule has 2 rings (SSSR count). The van der Waals surface area contributed by atoms with E-state index in [9.17, 15) is 33.6 Å². The highest BCUT2D eigenvalue weighted by Gasteiger charge is 2.42. The van der Waals surface area contributed by atoms with Gasteiger partial charge >= 0.3 is 18.1 Å². The number of urea groups is 1. The summed E-state index contributed by atoms with van der Waals surface area (Å²) in [6, 6.07) is -0.527. The summed E-state index contributed by atoms with van der Waals surface area (Å²) >= 11 is 1.89. The Bertz CT molecular complexity index is 1370. The molecule has 0 aromatic rings. The van der Waals surface area contributed by atoms with E-state index in [-0.39, 0.29) is 61.0 Å². The molecule has 7 amide bonds. The highest BCUT2D eigenvalue weighted by molar-refractivity contribution is 8.00. The zero-order chi connectivity index (χ0) is 46.1. The lowest BCUT2D eigenvalue weighted by atomic mass is 10.0. The number of rotatable bonds is 36. The average Bonchev–Trinajstić information content (AvgIpc) is 3.79. The van der Waals surface area contributed by atoms with Gasteiger partial charge in [0.2, 0.25) is 23.6 Å². The molecule has 2 saturated heterocycles. The number of thioether (sulfide) groups is 1. The van der Waals surface area contributed by atoms with Crippen molar-refractivity contribution in [1.82, 2.24) is 37.2 Å². The number of carbonyl (C=O) groups is 7. The van der Waals surface area contributed by atoms with Crippen LogP contribution in [0, 0.1) is 0 Å². The van der Waals surface area contributed by atoms with E-state index in [0.29, 0.717) is 116 Å². The van der Waals surface area contributed by atoms with E-state index >= 15 is 0 Å². The minimum Gasteiger partial charge on any atom is -0.469 e. The highest BCUT2D eigenvalue weighted by Crippen LogP contribution is 2.33. The molecule has 2 aliphatic heterocycles. The fraction of sp³-hybridized carbons (Fsp3) is 0.837. The predicted octanol–water partition coefficient (Wildman–Crippen LogP) is 2.97. The first-order chi connectivity index (χ1) is 30.3. The van der Waals surface area contributed by atoms with Crippen LogP contribution in [0.2, 0.25) is 0 Å². The quantitative estimate of drug-likeness (QED) is 0.0272. The van der Waals surface area contributed by atoms with Crippen molar-refractivity contribution in [3.8, 4) is 0 Å². The lowest BCUT2D eigenvalue weighted by Gasteiger charge is -2.19. The Hall–Kier alpha value is -3.88. The topological polar surface area (TPSA) is 250 Å². The lowest BCUT2D eigenvalue weighted by Crippen LogP contribution is -2.47. The van der Waals surface area contributed by atoms with E-state index in [1.165, 1.54) is 7.11 Å². The zero-order valence-corrected chi connectivity index (χ0v) is 39.0. The van der Waals surface area contributed by atoms with E-state index in [1.807, 2.05) is 11.8 Å². The van der Waals surface area contributed by atoms with Gasteiger partial charge in [0.1, 0.15) is 11.6 Å². The van der Waals surface area contributed by atoms with E-state index in [1.54, 1.807) is 20.8 Å². The van der Waals surface area contributed by atoms with Crippen molar-refractivity contribution in [2.45, 2.75) is 152 Å². The van der Waals surface area contributed by atoms with E-state index in [2.05, 4.69) is 37.2 Å². The molecule has 20 heteroatoms. The van der Waals surface area contributed by atoms with Crippen LogP contribution in [0.1, 0.15) is 124 Å². The van der Waals surface area contributed by atoms with Crippen LogP contribution >= 0.6 is 11.8 Å². The first-order valence-electron chi connectivity index (χ1n) is 22.8. The van der Waals surface area contributed by atoms with Crippen LogP contribution in [0.3, 0.4) is 0 Å². The molecule has 0 spiro atoms. The molecule has 0 bridgehead atoms. The Kier molecular flexibility index (Phi) is 29.5. The number of carbonyl (C=O) groups excluding carboxylic acids is 7. The van der Waals surface area contributed by atoms with E-state index in [4.69, 9.17) is 23.7 Å². The Morgan fingerprint density at radius 2 is 1.19 bits per heavy atom. The molecule has 362 valence electrons. The summed E-state index contributed by atoms with van der Waals surface area (Å²) in [5.41, 5.74) is -0.539. The number of hydrogen-bond donors (Lipinski definition) is 7. The lowest BCUT2D eigenvalue weighted by molar-refractivity contribution is -0.141. The van der Waals surface area contributed by atoms with Gasteiger partial charge in [0.25, 0.3) is 0 Å². The Morgan fingerprint density at radius 3 is 1.79 bits per heavy atom. The number of esters is 1. The highest BCUT2D eigenvalue weighted by atomic mass is 32.2. The van der Waals surface area contributed by atoms with Crippen molar-refractivity contribution in [1.29, 1.82) is 0 Å². The molecule has 0 saturated carbocycles. The molecule has 0 radical (unpaired) electrons. The second-order valence-electron chi connectivity index (χ2n) is 16.7. The van der Waals surface area contributed by atoms with Gasteiger partial charge < -0.3 is 60.9 Å². The second kappa shape index (κ2) is 33.6. The van der Waals surface area contributed by atoms with Crippen LogP contribution in [0.25, 0.3) is 0 Å². The average molecular weight is 916 g/mol. The van der Waals surface area contributed by atoms with Gasteiger partial charge in [-0.2, -0.15) is 11.8 Å². The van der Waals surface area contributed by atoms with E-state index in [0.717, 1.165) is 44.3 Å². The van der Waals surface area contributed by atoms with Crippen molar-refractivity contribution in [3.63, 3.8) is 0 Å². The predicted molar refractivity (Wildman–Crippen MR) is 239 cm³/mol. The van der Waals surface area contributed by atoms with Gasteiger partial charge in [-0.05, 0) is 78.6 Å². The van der Waals surface area contributed by atoms with Crippen molar-refractivity contribution in [3.05, 3.63) is 0 Å². The smallest absolute Gasteiger partial charge is 0.407 e. The Balaban J connectivity index is 1.40. The number of amides is 7. The van der Waals surface area contributed by atoms with Gasteiger partial charge in [-0.25, -0.2) is 9.59 Å². The standard InChI is InChI=1S/C43H77N7O12S/c1-43(2,3)62-42(57)47-22-12-5-7-16-35(51)44-21-11-6-8-18-37(53)48-32(19-20-38(54)58-4)40(55)46-24-14-26-60-28-30-61-29-27-59-25-13-23-45-36(52)17-10-9-15-34-39-33(31-63-34)49-41(56)50-39/h32-34,39H,5-31H2,1-4H3,(H,44,51)(H,45,52)(H,46,55)(H,47,57)(H,48,53)(H2,49,50,56)/t32-,33-,34-,39-/m0/s1. The Morgan fingerprint density at radius 1 is 0.651 bits per heavy atom. The largest absolute Gasteiger partial charge is 0.469 e. The molecule has 0 aliphatic carbocycles. The first-order valence-corrected chi connectivity index (χ1v) is 23.9. The summed E-state index contributed by atoms with van der Waals surface area (Å²) in [6.07, 6.45) is 9.08. The Labute approximate surface area is 378 Å². The van der Waals surface area contributed by atoms with Gasteiger partial charge in [-0.1, -0.05) is 19.3 Å². The number of unbranched alkanes of at least 4 members (excludes halogenated alkanes) is 5. The van der Waals surface area contributed by atoms with Crippen LogP contribution in [-0.2, 0) is 47.7 Å². The fourth-order valence-corrected chi connectivity index (χ4v) is 8.25. The molecule has 2 fully saturated rings. The SMILES string of the molecule is COC(=O)CC[C@H](NC(=O)CCCCCNC(=O)CCCCCNC(=O)OC(C)(C)C)C(=O)NCCCOCCOCCOCCCNC(=O)CCCC[C@@H]1SC[C@@H]2NC(=O)N[C@@H]21. The zero-order valence-electron chi connectivity index (χ0n) is 38.2. The van der Waals surface area contributed by atoms with Gasteiger partial charge in [-0.3, -0.25) is 24.0 Å². The van der Waals surface area contributed by atoms with Gasteiger partial charge in [0.15, 0.2) is 0 Å². The number of methoxy groups -OCH3 is 1. The normalized spacial score (nSPS) is 17.1. The summed E-state index contributed by atoms with van der Waals surface area (Å²) in [4.78, 5) is 84.7. The number of alkyl carbamates (subject to hydrolysis) is 1. The summed E-state index contributed by atoms with van der Waals surface area (Å²) in [7, 11) is 1.27. The van der Waals surface area contributed by atoms with Crippen molar-refractivity contribution in [2.75, 3.05) is 78.7 Å². The first kappa shape index (κ1) is 55.3. The van der Waals surface area contributed by atoms with Crippen LogP contribution in [0.5, 0.6) is 0 Å². The van der Waals surface area contributed by atoms with Crippen LogP contribution in [-0.4, -0.2) is 149 Å². The summed E-state index contributed by atoms with van der Waals surface area (Å²) in [6.45, 7) is 9.87. The van der Waals surface area contributed by atoms with Crippen LogP contribution in [0.15, 0.2) is 0 Å². The molecule has 0 aromatic carbocycles. The summed E-state index contributed by atoms with van der Waals surface area (Å²) < 4.78 is 26.6. The van der Waals surface area contributed by atoms with Crippen molar-refractivity contribution in [2.24, 2.45) is 0 Å². The number of fused-ring (bicyclic) bond motifs is 1. The molecule has 63 heavy (non-hydrogen) atoms. The molecular formula is C43H77N7O12S. The fourth-order valence-electron chi connectivity index (χ4n) is 6.71. The third kappa shape index (κ3) is 28.5. The van der Waals surface area contributed by atoms with Crippen molar-refractivity contribution >= 4 is 53.5 Å². The molecule has 4 atom stereocenters. The van der Waals surface area contributed by atoms with Crippen LogP contribution < -0.4 is 37.2 Å². The third-order valence-corrected chi connectivity index (χ3v) is 11.6. The monoisotopic (exact) mass is 916 g/mol. The molecular weight excluding hydrogens is 839 g/mol. The molecule has 0 aromatic heterocycles. The maximum atomic E-state index is 12.9.